The minimum atomic E-state index is -0.570. The van der Waals surface area contributed by atoms with Gasteiger partial charge in [-0.3, -0.25) is 9.59 Å². The Balaban J connectivity index is 1.86. The van der Waals surface area contributed by atoms with Crippen LogP contribution < -0.4 is 11.1 Å². The van der Waals surface area contributed by atoms with E-state index in [4.69, 9.17) is 5.73 Å². The molecule has 0 aliphatic heterocycles. The van der Waals surface area contributed by atoms with Crippen molar-refractivity contribution in [3.8, 4) is 0 Å². The first-order chi connectivity index (χ1) is 10.2. The predicted molar refractivity (Wildman–Crippen MR) is 82.5 cm³/mol. The molecule has 114 valence electrons. The number of nitrogens with two attached hydrogens (primary N) is 1. The normalized spacial score (nSPS) is 17.1. The first kappa shape index (κ1) is 15.5. The fourth-order valence-electron chi connectivity index (χ4n) is 2.90. The lowest BCUT2D eigenvalue weighted by Crippen LogP contribution is -2.47. The zero-order chi connectivity index (χ0) is 15.1. The average Bonchev–Trinajstić information content (AvgIpc) is 2.52. The molecule has 0 spiro atoms. The summed E-state index contributed by atoms with van der Waals surface area (Å²) in [5, 5.41) is 2.84. The first-order valence-electron chi connectivity index (χ1n) is 7.80. The lowest BCUT2D eigenvalue weighted by Gasteiger charge is -2.23. The molecule has 0 saturated heterocycles. The van der Waals surface area contributed by atoms with Crippen LogP contribution in [0.4, 0.5) is 0 Å². The van der Waals surface area contributed by atoms with Gasteiger partial charge in [-0.25, -0.2) is 0 Å². The van der Waals surface area contributed by atoms with Crippen LogP contribution in [0.2, 0.25) is 0 Å². The number of aryl methyl sites for hydroxylation is 1. The fraction of sp³-hybridized carbons (Fsp3) is 0.529. The number of benzene rings is 1. The summed E-state index contributed by atoms with van der Waals surface area (Å²) in [6, 6.07) is 9.35. The summed E-state index contributed by atoms with van der Waals surface area (Å²) in [5.41, 5.74) is 6.57. The smallest absolute Gasteiger partial charge is 0.240 e. The van der Waals surface area contributed by atoms with E-state index in [1.54, 1.807) is 0 Å². The minimum Gasteiger partial charge on any atom is -0.368 e. The number of nitrogens with one attached hydrogen (secondary N) is 1. The van der Waals surface area contributed by atoms with E-state index in [9.17, 15) is 9.59 Å². The van der Waals surface area contributed by atoms with Crippen molar-refractivity contribution in [1.82, 2.24) is 5.32 Å². The maximum Gasteiger partial charge on any atom is 0.240 e. The Hall–Kier alpha value is -1.84. The van der Waals surface area contributed by atoms with Crippen molar-refractivity contribution in [1.29, 1.82) is 0 Å². The Morgan fingerprint density at radius 2 is 1.81 bits per heavy atom. The van der Waals surface area contributed by atoms with Crippen LogP contribution in [-0.4, -0.2) is 17.9 Å². The van der Waals surface area contributed by atoms with Gasteiger partial charge >= 0.3 is 0 Å². The van der Waals surface area contributed by atoms with Gasteiger partial charge in [-0.05, 0) is 31.2 Å². The molecule has 1 aliphatic carbocycles. The third-order valence-electron chi connectivity index (χ3n) is 4.20. The van der Waals surface area contributed by atoms with E-state index in [2.05, 4.69) is 5.32 Å². The van der Waals surface area contributed by atoms with Gasteiger partial charge in [-0.15, -0.1) is 0 Å². The molecule has 1 fully saturated rings. The zero-order valence-electron chi connectivity index (χ0n) is 12.4. The maximum absolute atomic E-state index is 12.2. The Labute approximate surface area is 126 Å². The Morgan fingerprint density at radius 3 is 2.43 bits per heavy atom. The molecular formula is C17H24N2O2. The van der Waals surface area contributed by atoms with E-state index in [1.165, 1.54) is 6.42 Å². The second-order valence-corrected chi connectivity index (χ2v) is 5.82. The van der Waals surface area contributed by atoms with Crippen molar-refractivity contribution >= 4 is 11.8 Å². The summed E-state index contributed by atoms with van der Waals surface area (Å²) < 4.78 is 0. The molecule has 2 rings (SSSR count). The molecule has 0 aromatic heterocycles. The van der Waals surface area contributed by atoms with Crippen molar-refractivity contribution in [2.45, 2.75) is 51.0 Å². The van der Waals surface area contributed by atoms with Gasteiger partial charge in [0.2, 0.25) is 11.8 Å². The van der Waals surface area contributed by atoms with Crippen molar-refractivity contribution in [2.24, 2.45) is 11.7 Å². The van der Waals surface area contributed by atoms with Crippen LogP contribution in [0.25, 0.3) is 0 Å². The molecule has 1 aliphatic rings. The van der Waals surface area contributed by atoms with Gasteiger partial charge in [0, 0.05) is 5.92 Å². The molecule has 2 amide bonds. The number of primary amides is 1. The van der Waals surface area contributed by atoms with E-state index in [-0.39, 0.29) is 11.8 Å². The number of hydrogen-bond donors (Lipinski definition) is 2. The molecule has 4 heteroatoms. The van der Waals surface area contributed by atoms with Crippen LogP contribution in [0, 0.1) is 5.92 Å². The zero-order valence-corrected chi connectivity index (χ0v) is 12.4. The second kappa shape index (κ2) is 7.81. The Morgan fingerprint density at radius 1 is 1.14 bits per heavy atom. The molecule has 0 bridgehead atoms. The number of carbonyl (C=O) groups is 2. The second-order valence-electron chi connectivity index (χ2n) is 5.82. The summed E-state index contributed by atoms with van der Waals surface area (Å²) in [5.74, 6) is -0.404. The molecule has 1 aromatic carbocycles. The van der Waals surface area contributed by atoms with Gasteiger partial charge in [0.1, 0.15) is 6.04 Å². The summed E-state index contributed by atoms with van der Waals surface area (Å²) in [6.07, 6.45) is 6.55. The summed E-state index contributed by atoms with van der Waals surface area (Å²) in [6.45, 7) is 0. The van der Waals surface area contributed by atoms with Crippen LogP contribution in [0.3, 0.4) is 0 Å². The highest BCUT2D eigenvalue weighted by Gasteiger charge is 2.25. The highest BCUT2D eigenvalue weighted by Crippen LogP contribution is 2.23. The fourth-order valence-corrected chi connectivity index (χ4v) is 2.90. The molecular weight excluding hydrogens is 264 g/mol. The molecule has 1 aromatic rings. The average molecular weight is 288 g/mol. The van der Waals surface area contributed by atoms with Crippen LogP contribution in [0.15, 0.2) is 30.3 Å². The van der Waals surface area contributed by atoms with Gasteiger partial charge in [-0.2, -0.15) is 0 Å². The standard InChI is InChI=1S/C17H24N2O2/c18-16(20)15(12-11-13-7-3-1-4-8-13)19-17(21)14-9-5-2-6-10-14/h1,3-4,7-8,14-15H,2,5-6,9-12H2,(H2,18,20)(H,19,21)/t15-/m0/s1. The molecule has 0 unspecified atom stereocenters. The SMILES string of the molecule is NC(=O)[C@H](CCc1ccccc1)NC(=O)C1CCCCC1. The number of hydrogen-bond acceptors (Lipinski definition) is 2. The highest BCUT2D eigenvalue weighted by atomic mass is 16.2. The number of amides is 2. The molecule has 0 heterocycles. The molecule has 21 heavy (non-hydrogen) atoms. The summed E-state index contributed by atoms with van der Waals surface area (Å²) in [7, 11) is 0. The monoisotopic (exact) mass is 288 g/mol. The van der Waals surface area contributed by atoms with Crippen molar-refractivity contribution < 1.29 is 9.59 Å². The van der Waals surface area contributed by atoms with Crippen molar-refractivity contribution in [2.75, 3.05) is 0 Å². The van der Waals surface area contributed by atoms with E-state index in [0.29, 0.717) is 6.42 Å². The van der Waals surface area contributed by atoms with Crippen LogP contribution in [0.5, 0.6) is 0 Å². The van der Waals surface area contributed by atoms with Crippen LogP contribution >= 0.6 is 0 Å². The van der Waals surface area contributed by atoms with E-state index < -0.39 is 11.9 Å². The number of rotatable bonds is 6. The molecule has 1 saturated carbocycles. The van der Waals surface area contributed by atoms with Gasteiger partial charge in [0.25, 0.3) is 0 Å². The maximum atomic E-state index is 12.2. The van der Waals surface area contributed by atoms with Gasteiger partial charge < -0.3 is 11.1 Å². The van der Waals surface area contributed by atoms with Crippen molar-refractivity contribution in [3.63, 3.8) is 0 Å². The summed E-state index contributed by atoms with van der Waals surface area (Å²) in [4.78, 5) is 23.8. The van der Waals surface area contributed by atoms with Gasteiger partial charge in [0.15, 0.2) is 0 Å². The predicted octanol–water partition coefficient (Wildman–Crippen LogP) is 2.17. The quantitative estimate of drug-likeness (QED) is 0.842. The molecule has 1 atom stereocenters. The largest absolute Gasteiger partial charge is 0.368 e. The first-order valence-corrected chi connectivity index (χ1v) is 7.80. The Kier molecular flexibility index (Phi) is 5.78. The number of carbonyl (C=O) groups excluding carboxylic acids is 2. The van der Waals surface area contributed by atoms with E-state index >= 15 is 0 Å². The lowest BCUT2D eigenvalue weighted by molar-refractivity contribution is -0.130. The van der Waals surface area contributed by atoms with Gasteiger partial charge in [0.05, 0.1) is 0 Å². The molecule has 4 nitrogen and oxygen atoms in total. The third-order valence-corrected chi connectivity index (χ3v) is 4.20. The lowest BCUT2D eigenvalue weighted by atomic mass is 9.88. The highest BCUT2D eigenvalue weighted by molar-refractivity contribution is 5.87. The minimum absolute atomic E-state index is 0.00781. The topological polar surface area (TPSA) is 72.2 Å². The van der Waals surface area contributed by atoms with Crippen molar-refractivity contribution in [3.05, 3.63) is 35.9 Å². The summed E-state index contributed by atoms with van der Waals surface area (Å²) >= 11 is 0. The van der Waals surface area contributed by atoms with Crippen LogP contribution in [0.1, 0.15) is 44.1 Å². The van der Waals surface area contributed by atoms with Gasteiger partial charge in [-0.1, -0.05) is 49.6 Å². The molecule has 0 radical (unpaired) electrons. The third kappa shape index (κ3) is 4.88. The Bertz CT molecular complexity index is 467. The van der Waals surface area contributed by atoms with E-state index in [1.807, 2.05) is 30.3 Å². The van der Waals surface area contributed by atoms with Crippen LogP contribution in [-0.2, 0) is 16.0 Å². The van der Waals surface area contributed by atoms with E-state index in [0.717, 1.165) is 37.7 Å². The molecule has 3 N–H and O–H groups in total.